The van der Waals surface area contributed by atoms with E-state index in [1.807, 2.05) is 66.7 Å². The molecule has 0 heterocycles. The monoisotopic (exact) mass is 503 g/mol. The summed E-state index contributed by atoms with van der Waals surface area (Å²) in [5.41, 5.74) is 4.44. The third-order valence-electron chi connectivity index (χ3n) is 5.78. The van der Waals surface area contributed by atoms with E-state index in [4.69, 9.17) is 9.47 Å². The lowest BCUT2D eigenvalue weighted by Gasteiger charge is -2.26. The highest BCUT2D eigenvalue weighted by Gasteiger charge is 2.15. The fourth-order valence-corrected chi connectivity index (χ4v) is 4.01. The Kier molecular flexibility index (Phi) is 11.5. The molecule has 4 nitrogen and oxygen atoms in total. The van der Waals surface area contributed by atoms with Crippen LogP contribution in [0.25, 0.3) is 0 Å². The van der Waals surface area contributed by atoms with E-state index in [0.717, 1.165) is 30.0 Å². The van der Waals surface area contributed by atoms with Crippen LogP contribution in [0.1, 0.15) is 28.4 Å². The molecule has 5 heteroatoms. The number of hydrogen-bond donors (Lipinski definition) is 1. The van der Waals surface area contributed by atoms with Crippen molar-refractivity contribution in [2.24, 2.45) is 0 Å². The van der Waals surface area contributed by atoms with Gasteiger partial charge in [0.15, 0.2) is 0 Å². The van der Waals surface area contributed by atoms with Crippen molar-refractivity contribution in [3.8, 4) is 5.75 Å². The molecule has 1 N–H and O–H groups in total. The van der Waals surface area contributed by atoms with Gasteiger partial charge in [-0.15, -0.1) is 12.4 Å². The first kappa shape index (κ1) is 27.4. The molecule has 0 aromatic heterocycles. The topological polar surface area (TPSA) is 41.9 Å². The Morgan fingerprint density at radius 3 is 1.78 bits per heavy atom. The molecule has 0 fully saturated rings. The van der Waals surface area contributed by atoms with Crippen LogP contribution in [0.2, 0.25) is 0 Å². The average molecular weight is 504 g/mol. The van der Waals surface area contributed by atoms with E-state index in [-0.39, 0.29) is 12.4 Å². The molecule has 0 aliphatic carbocycles. The number of benzene rings is 4. The van der Waals surface area contributed by atoms with Crippen LogP contribution in [0.5, 0.6) is 5.75 Å². The molecular formula is C31H34ClNO3. The summed E-state index contributed by atoms with van der Waals surface area (Å²) in [6.45, 7) is 3.59. The second-order valence-electron chi connectivity index (χ2n) is 8.62. The number of aliphatic hydroxyl groups excluding tert-OH is 1. The lowest BCUT2D eigenvalue weighted by atomic mass is 10.1. The molecule has 4 rings (SSSR count). The van der Waals surface area contributed by atoms with Crippen LogP contribution in [0, 0.1) is 0 Å². The fraction of sp³-hybridized carbons (Fsp3) is 0.226. The number of aliphatic hydroxyl groups is 1. The summed E-state index contributed by atoms with van der Waals surface area (Å²) in [4.78, 5) is 2.28. The summed E-state index contributed by atoms with van der Waals surface area (Å²) < 4.78 is 11.6. The fourth-order valence-electron chi connectivity index (χ4n) is 4.01. The highest BCUT2D eigenvalue weighted by Crippen LogP contribution is 2.22. The standard InChI is InChI=1S/C31H33NO3.ClH/c33-31(24-32(22-26-11-4-1-5-12-26)23-27-13-6-2-7-14-27)29-17-10-18-30(21-29)35-20-19-34-25-28-15-8-3-9-16-28;/h1-18,21,31,33H,19-20,22-25H2;1H. The number of nitrogens with zero attached hydrogens (tertiary/aromatic N) is 1. The molecule has 0 amide bonds. The van der Waals surface area contributed by atoms with Crippen LogP contribution in [-0.4, -0.2) is 29.8 Å². The minimum atomic E-state index is -0.625. The minimum absolute atomic E-state index is 0. The van der Waals surface area contributed by atoms with Crippen molar-refractivity contribution in [2.75, 3.05) is 19.8 Å². The molecule has 0 aliphatic rings. The lowest BCUT2D eigenvalue weighted by Crippen LogP contribution is -2.28. The molecule has 1 atom stereocenters. The third kappa shape index (κ3) is 9.14. The molecule has 1 unspecified atom stereocenters. The maximum absolute atomic E-state index is 11.1. The van der Waals surface area contributed by atoms with E-state index in [2.05, 4.69) is 53.4 Å². The predicted molar refractivity (Wildman–Crippen MR) is 147 cm³/mol. The van der Waals surface area contributed by atoms with Crippen LogP contribution in [-0.2, 0) is 24.4 Å². The molecule has 0 bridgehead atoms. The number of hydrogen-bond acceptors (Lipinski definition) is 4. The van der Waals surface area contributed by atoms with Gasteiger partial charge in [0, 0.05) is 19.6 Å². The highest BCUT2D eigenvalue weighted by atomic mass is 35.5. The van der Waals surface area contributed by atoms with Gasteiger partial charge in [-0.3, -0.25) is 4.90 Å². The SMILES string of the molecule is Cl.OC(CN(Cc1ccccc1)Cc1ccccc1)c1cccc(OCCOCc2ccccc2)c1. The maximum Gasteiger partial charge on any atom is 0.119 e. The summed E-state index contributed by atoms with van der Waals surface area (Å²) in [5.74, 6) is 0.738. The zero-order valence-electron chi connectivity index (χ0n) is 20.4. The van der Waals surface area contributed by atoms with Gasteiger partial charge in [-0.1, -0.05) is 103 Å². The Hall–Kier alpha value is -3.15. The molecule has 4 aromatic carbocycles. The average Bonchev–Trinajstić information content (AvgIpc) is 2.90. The molecule has 188 valence electrons. The molecular weight excluding hydrogens is 470 g/mol. The van der Waals surface area contributed by atoms with Gasteiger partial charge in [0.2, 0.25) is 0 Å². The van der Waals surface area contributed by atoms with Gasteiger partial charge in [-0.05, 0) is 34.4 Å². The van der Waals surface area contributed by atoms with Crippen LogP contribution >= 0.6 is 12.4 Å². The largest absolute Gasteiger partial charge is 0.491 e. The minimum Gasteiger partial charge on any atom is -0.491 e. The number of ether oxygens (including phenoxy) is 2. The predicted octanol–water partition coefficient (Wildman–Crippen LogP) is 6.44. The van der Waals surface area contributed by atoms with Gasteiger partial charge in [-0.2, -0.15) is 0 Å². The lowest BCUT2D eigenvalue weighted by molar-refractivity contribution is 0.0883. The van der Waals surface area contributed by atoms with Crippen molar-refractivity contribution in [2.45, 2.75) is 25.8 Å². The van der Waals surface area contributed by atoms with Gasteiger partial charge in [0.25, 0.3) is 0 Å². The normalized spacial score (nSPS) is 11.6. The smallest absolute Gasteiger partial charge is 0.119 e. The van der Waals surface area contributed by atoms with Crippen LogP contribution in [0.3, 0.4) is 0 Å². The van der Waals surface area contributed by atoms with Crippen molar-refractivity contribution in [3.63, 3.8) is 0 Å². The zero-order valence-corrected chi connectivity index (χ0v) is 21.2. The molecule has 0 aliphatic heterocycles. The maximum atomic E-state index is 11.1. The Bertz CT molecular complexity index is 1080. The summed E-state index contributed by atoms with van der Waals surface area (Å²) in [5, 5.41) is 11.1. The third-order valence-corrected chi connectivity index (χ3v) is 5.78. The van der Waals surface area contributed by atoms with Gasteiger partial charge in [-0.25, -0.2) is 0 Å². The first-order valence-corrected chi connectivity index (χ1v) is 12.1. The second-order valence-corrected chi connectivity index (χ2v) is 8.62. The van der Waals surface area contributed by atoms with Crippen LogP contribution in [0.4, 0.5) is 0 Å². The second kappa shape index (κ2) is 15.1. The van der Waals surface area contributed by atoms with E-state index in [1.54, 1.807) is 0 Å². The molecule has 0 saturated carbocycles. The summed E-state index contributed by atoms with van der Waals surface area (Å²) in [6, 6.07) is 38.6. The molecule has 36 heavy (non-hydrogen) atoms. The van der Waals surface area contributed by atoms with Crippen molar-refractivity contribution in [1.29, 1.82) is 0 Å². The van der Waals surface area contributed by atoms with Crippen molar-refractivity contribution in [1.82, 2.24) is 4.90 Å². The molecule has 0 saturated heterocycles. The Balaban J connectivity index is 0.00000361. The first-order valence-electron chi connectivity index (χ1n) is 12.1. The van der Waals surface area contributed by atoms with Crippen LogP contribution in [0.15, 0.2) is 115 Å². The highest BCUT2D eigenvalue weighted by molar-refractivity contribution is 5.85. The Morgan fingerprint density at radius 1 is 0.639 bits per heavy atom. The van der Waals surface area contributed by atoms with E-state index < -0.39 is 6.10 Å². The quantitative estimate of drug-likeness (QED) is 0.213. The van der Waals surface area contributed by atoms with E-state index in [0.29, 0.717) is 26.4 Å². The number of halogens is 1. The summed E-state index contributed by atoms with van der Waals surface area (Å²) >= 11 is 0. The van der Waals surface area contributed by atoms with E-state index in [1.165, 1.54) is 11.1 Å². The van der Waals surface area contributed by atoms with Gasteiger partial charge < -0.3 is 14.6 Å². The number of rotatable bonds is 13. The first-order chi connectivity index (χ1) is 17.3. The van der Waals surface area contributed by atoms with Crippen molar-refractivity contribution in [3.05, 3.63) is 138 Å². The van der Waals surface area contributed by atoms with E-state index >= 15 is 0 Å². The molecule has 4 aromatic rings. The van der Waals surface area contributed by atoms with Crippen molar-refractivity contribution >= 4 is 12.4 Å². The summed E-state index contributed by atoms with van der Waals surface area (Å²) in [6.07, 6.45) is -0.625. The van der Waals surface area contributed by atoms with Gasteiger partial charge in [0.1, 0.15) is 12.4 Å². The zero-order chi connectivity index (χ0) is 24.1. The van der Waals surface area contributed by atoms with E-state index in [9.17, 15) is 5.11 Å². The van der Waals surface area contributed by atoms with Gasteiger partial charge >= 0.3 is 0 Å². The summed E-state index contributed by atoms with van der Waals surface area (Å²) in [7, 11) is 0. The Morgan fingerprint density at radius 2 is 1.19 bits per heavy atom. The Labute approximate surface area is 220 Å². The molecule has 0 radical (unpaired) electrons. The van der Waals surface area contributed by atoms with Crippen LogP contribution < -0.4 is 4.74 Å². The molecule has 0 spiro atoms. The van der Waals surface area contributed by atoms with Crippen molar-refractivity contribution < 1.29 is 14.6 Å². The van der Waals surface area contributed by atoms with Gasteiger partial charge in [0.05, 0.1) is 19.3 Å².